The number of rotatable bonds is 4. The molecule has 2 heterocycles. The van der Waals surface area contributed by atoms with Crippen LogP contribution in [-0.4, -0.2) is 9.97 Å². The van der Waals surface area contributed by atoms with E-state index in [-0.39, 0.29) is 5.82 Å². The van der Waals surface area contributed by atoms with Crippen LogP contribution in [0.15, 0.2) is 71.1 Å². The first-order valence-electron chi connectivity index (χ1n) is 7.59. The van der Waals surface area contributed by atoms with Crippen LogP contribution in [0.3, 0.4) is 0 Å². The minimum Gasteiger partial charge on any atom is -0.418 e. The van der Waals surface area contributed by atoms with Gasteiger partial charge >= 0.3 is 0 Å². The van der Waals surface area contributed by atoms with E-state index in [4.69, 9.17) is 4.42 Å². The van der Waals surface area contributed by atoms with E-state index in [2.05, 4.69) is 15.3 Å². The molecule has 0 bridgehead atoms. The third-order valence-corrected chi connectivity index (χ3v) is 3.64. The molecule has 0 aliphatic heterocycles. The van der Waals surface area contributed by atoms with Crippen LogP contribution in [0, 0.1) is 5.82 Å². The van der Waals surface area contributed by atoms with Crippen LogP contribution >= 0.6 is 0 Å². The van der Waals surface area contributed by atoms with Gasteiger partial charge in [0.2, 0.25) is 11.6 Å². The van der Waals surface area contributed by atoms with Crippen molar-refractivity contribution in [3.8, 4) is 11.5 Å². The summed E-state index contributed by atoms with van der Waals surface area (Å²) in [7, 11) is 0. The van der Waals surface area contributed by atoms with Gasteiger partial charge < -0.3 is 9.73 Å². The van der Waals surface area contributed by atoms with Crippen molar-refractivity contribution >= 4 is 17.0 Å². The van der Waals surface area contributed by atoms with Gasteiger partial charge in [0.05, 0.1) is 0 Å². The van der Waals surface area contributed by atoms with Crippen LogP contribution in [0.1, 0.15) is 5.56 Å². The molecule has 118 valence electrons. The third-order valence-electron chi connectivity index (χ3n) is 3.64. The SMILES string of the molecule is Fc1cccc(-c2nc3ccc(NCc4ccccc4)nc3o2)c1. The highest BCUT2D eigenvalue weighted by atomic mass is 19.1. The number of oxazole rings is 1. The Kier molecular flexibility index (Phi) is 3.67. The first kappa shape index (κ1) is 14.4. The number of aromatic nitrogens is 2. The maximum atomic E-state index is 13.3. The minimum atomic E-state index is -0.326. The highest BCUT2D eigenvalue weighted by molar-refractivity contribution is 5.74. The number of halogens is 1. The average molecular weight is 319 g/mol. The van der Waals surface area contributed by atoms with Crippen LogP contribution in [0.2, 0.25) is 0 Å². The molecule has 0 fully saturated rings. The molecule has 0 atom stereocenters. The zero-order valence-corrected chi connectivity index (χ0v) is 12.7. The van der Waals surface area contributed by atoms with E-state index in [1.165, 1.54) is 12.1 Å². The molecule has 2 aromatic heterocycles. The minimum absolute atomic E-state index is 0.326. The van der Waals surface area contributed by atoms with Crippen LogP contribution in [0.4, 0.5) is 10.2 Å². The Morgan fingerprint density at radius 3 is 2.62 bits per heavy atom. The molecule has 0 amide bonds. The Labute approximate surface area is 138 Å². The fraction of sp³-hybridized carbons (Fsp3) is 0.0526. The number of hydrogen-bond acceptors (Lipinski definition) is 4. The molecule has 4 aromatic rings. The lowest BCUT2D eigenvalue weighted by Gasteiger charge is -2.04. The highest BCUT2D eigenvalue weighted by Gasteiger charge is 2.10. The molecule has 24 heavy (non-hydrogen) atoms. The first-order chi connectivity index (χ1) is 11.8. The number of anilines is 1. The Hall–Kier alpha value is -3.21. The van der Waals surface area contributed by atoms with E-state index in [1.54, 1.807) is 12.1 Å². The van der Waals surface area contributed by atoms with Crippen molar-refractivity contribution in [2.75, 3.05) is 5.32 Å². The monoisotopic (exact) mass is 319 g/mol. The third kappa shape index (κ3) is 2.96. The lowest BCUT2D eigenvalue weighted by Crippen LogP contribution is -2.00. The molecular formula is C19H14FN3O. The molecule has 5 heteroatoms. The second kappa shape index (κ2) is 6.12. The predicted octanol–water partition coefficient (Wildman–Crippen LogP) is 4.64. The standard InChI is InChI=1S/C19H14FN3O/c20-15-8-4-7-14(11-15)18-22-16-9-10-17(23-19(16)24-18)21-12-13-5-2-1-3-6-13/h1-11H,12H2,(H,21,23). The molecule has 0 radical (unpaired) electrons. The number of nitrogens with one attached hydrogen (secondary N) is 1. The quantitative estimate of drug-likeness (QED) is 0.595. The maximum Gasteiger partial charge on any atom is 0.249 e. The molecule has 0 aliphatic rings. The lowest BCUT2D eigenvalue weighted by molar-refractivity contribution is 0.602. The van der Waals surface area contributed by atoms with Gasteiger partial charge in [-0.05, 0) is 35.9 Å². The van der Waals surface area contributed by atoms with Crippen molar-refractivity contribution in [3.63, 3.8) is 0 Å². The van der Waals surface area contributed by atoms with E-state index in [9.17, 15) is 4.39 Å². The second-order valence-corrected chi connectivity index (χ2v) is 5.39. The Balaban J connectivity index is 1.59. The van der Waals surface area contributed by atoms with Gasteiger partial charge in [0, 0.05) is 12.1 Å². The molecule has 0 saturated carbocycles. The summed E-state index contributed by atoms with van der Waals surface area (Å²) in [5.41, 5.74) is 2.82. The first-order valence-corrected chi connectivity index (χ1v) is 7.59. The Morgan fingerprint density at radius 2 is 1.79 bits per heavy atom. The zero-order chi connectivity index (χ0) is 16.4. The molecule has 0 spiro atoms. The molecule has 2 aromatic carbocycles. The molecule has 0 saturated heterocycles. The maximum absolute atomic E-state index is 13.3. The summed E-state index contributed by atoms with van der Waals surface area (Å²) < 4.78 is 19.0. The van der Waals surface area contributed by atoms with Gasteiger partial charge in [-0.3, -0.25) is 0 Å². The van der Waals surface area contributed by atoms with Gasteiger partial charge in [0.1, 0.15) is 17.2 Å². The summed E-state index contributed by atoms with van der Waals surface area (Å²) in [4.78, 5) is 8.78. The van der Waals surface area contributed by atoms with E-state index >= 15 is 0 Å². The largest absolute Gasteiger partial charge is 0.418 e. The second-order valence-electron chi connectivity index (χ2n) is 5.39. The molecule has 0 unspecified atom stereocenters. The number of nitrogens with zero attached hydrogens (tertiary/aromatic N) is 2. The van der Waals surface area contributed by atoms with E-state index in [0.717, 1.165) is 5.56 Å². The van der Waals surface area contributed by atoms with Gasteiger partial charge in [-0.1, -0.05) is 36.4 Å². The van der Waals surface area contributed by atoms with Crippen molar-refractivity contribution in [1.29, 1.82) is 0 Å². The van der Waals surface area contributed by atoms with Gasteiger partial charge in [0.15, 0.2) is 0 Å². The molecule has 4 nitrogen and oxygen atoms in total. The number of fused-ring (bicyclic) bond motifs is 1. The number of hydrogen-bond donors (Lipinski definition) is 1. The normalized spacial score (nSPS) is 10.9. The Bertz CT molecular complexity index is 982. The fourth-order valence-electron chi connectivity index (χ4n) is 2.45. The predicted molar refractivity (Wildman–Crippen MR) is 91.0 cm³/mol. The van der Waals surface area contributed by atoms with Gasteiger partial charge in [-0.2, -0.15) is 4.98 Å². The van der Waals surface area contributed by atoms with E-state index < -0.39 is 0 Å². The fourth-order valence-corrected chi connectivity index (χ4v) is 2.45. The zero-order valence-electron chi connectivity index (χ0n) is 12.7. The molecule has 4 rings (SSSR count). The molecular weight excluding hydrogens is 305 g/mol. The van der Waals surface area contributed by atoms with Crippen LogP contribution in [0.5, 0.6) is 0 Å². The summed E-state index contributed by atoms with van der Waals surface area (Å²) in [5, 5.41) is 3.25. The lowest BCUT2D eigenvalue weighted by atomic mass is 10.2. The van der Waals surface area contributed by atoms with Crippen LogP contribution < -0.4 is 5.32 Å². The average Bonchev–Trinajstić information content (AvgIpc) is 3.04. The van der Waals surface area contributed by atoms with Crippen molar-refractivity contribution < 1.29 is 8.81 Å². The summed E-state index contributed by atoms with van der Waals surface area (Å²) in [5.74, 6) is 0.735. The highest BCUT2D eigenvalue weighted by Crippen LogP contribution is 2.24. The summed E-state index contributed by atoms with van der Waals surface area (Å²) in [6, 6.07) is 19.9. The summed E-state index contributed by atoms with van der Waals surface area (Å²) >= 11 is 0. The van der Waals surface area contributed by atoms with Gasteiger partial charge in [0.25, 0.3) is 0 Å². The molecule has 1 N–H and O–H groups in total. The summed E-state index contributed by atoms with van der Waals surface area (Å²) in [6.45, 7) is 0.671. The number of benzene rings is 2. The number of pyridine rings is 1. The van der Waals surface area contributed by atoms with Crippen molar-refractivity contribution in [2.45, 2.75) is 6.54 Å². The summed E-state index contributed by atoms with van der Waals surface area (Å²) in [6.07, 6.45) is 0. The molecule has 0 aliphatic carbocycles. The van der Waals surface area contributed by atoms with Crippen LogP contribution in [0.25, 0.3) is 22.7 Å². The van der Waals surface area contributed by atoms with E-state index in [1.807, 2.05) is 42.5 Å². The topological polar surface area (TPSA) is 51.0 Å². The van der Waals surface area contributed by atoms with Gasteiger partial charge in [-0.15, -0.1) is 0 Å². The van der Waals surface area contributed by atoms with Crippen molar-refractivity contribution in [1.82, 2.24) is 9.97 Å². The Morgan fingerprint density at radius 1 is 0.917 bits per heavy atom. The smallest absolute Gasteiger partial charge is 0.249 e. The van der Waals surface area contributed by atoms with Crippen molar-refractivity contribution in [3.05, 3.63) is 78.1 Å². The van der Waals surface area contributed by atoms with Crippen molar-refractivity contribution in [2.24, 2.45) is 0 Å². The van der Waals surface area contributed by atoms with Crippen LogP contribution in [-0.2, 0) is 6.54 Å². The van der Waals surface area contributed by atoms with Gasteiger partial charge in [-0.25, -0.2) is 9.37 Å². The van der Waals surface area contributed by atoms with E-state index in [0.29, 0.717) is 35.0 Å².